The van der Waals surface area contributed by atoms with Gasteiger partial charge >= 0.3 is 13.6 Å². The highest BCUT2D eigenvalue weighted by molar-refractivity contribution is 7.54. The molecule has 0 bridgehead atoms. The van der Waals surface area contributed by atoms with Gasteiger partial charge in [0.25, 0.3) is 0 Å². The molecule has 0 radical (unpaired) electrons. The summed E-state index contributed by atoms with van der Waals surface area (Å²) in [6, 6.07) is 0. The van der Waals surface area contributed by atoms with Crippen molar-refractivity contribution in [3.63, 3.8) is 0 Å². The third-order valence-corrected chi connectivity index (χ3v) is 3.34. The van der Waals surface area contributed by atoms with Gasteiger partial charge in [-0.3, -0.25) is 4.57 Å². The molecule has 0 aliphatic carbocycles. The van der Waals surface area contributed by atoms with Crippen LogP contribution < -0.4 is 0 Å². The summed E-state index contributed by atoms with van der Waals surface area (Å²) in [5.74, 6) is -0.443. The Balaban J connectivity index is 4.05. The molecule has 86 valence electrons. The zero-order valence-electron chi connectivity index (χ0n) is 9.00. The second-order valence-corrected chi connectivity index (χ2v) is 4.79. The van der Waals surface area contributed by atoms with E-state index in [1.54, 1.807) is 12.2 Å². The van der Waals surface area contributed by atoms with Gasteiger partial charge in [0, 0.05) is 20.3 Å². The van der Waals surface area contributed by atoms with Gasteiger partial charge < -0.3 is 13.8 Å². The predicted molar refractivity (Wildman–Crippen MR) is 56.8 cm³/mol. The molecule has 0 aromatic rings. The van der Waals surface area contributed by atoms with Crippen molar-refractivity contribution in [3.05, 3.63) is 24.3 Å². The van der Waals surface area contributed by atoms with Crippen LogP contribution in [0.2, 0.25) is 0 Å². The summed E-state index contributed by atoms with van der Waals surface area (Å²) in [5, 5.41) is 0. The average Bonchev–Trinajstić information content (AvgIpc) is 2.27. The van der Waals surface area contributed by atoms with Crippen molar-refractivity contribution in [1.82, 2.24) is 0 Å². The van der Waals surface area contributed by atoms with E-state index < -0.39 is 13.6 Å². The van der Waals surface area contributed by atoms with Crippen LogP contribution in [-0.2, 0) is 23.1 Å². The van der Waals surface area contributed by atoms with E-state index in [2.05, 4.69) is 4.74 Å². The lowest BCUT2D eigenvalue weighted by molar-refractivity contribution is -0.134. The SMILES string of the molecule is COC(=O)/C=C/C=C/CP(=O)(OC)OC. The van der Waals surface area contributed by atoms with E-state index in [0.717, 1.165) is 0 Å². The first-order chi connectivity index (χ1) is 7.08. The van der Waals surface area contributed by atoms with E-state index in [-0.39, 0.29) is 6.16 Å². The van der Waals surface area contributed by atoms with Gasteiger partial charge in [0.15, 0.2) is 0 Å². The van der Waals surface area contributed by atoms with E-state index in [1.807, 2.05) is 0 Å². The number of hydrogen-bond acceptors (Lipinski definition) is 5. The molecule has 0 saturated carbocycles. The summed E-state index contributed by atoms with van der Waals surface area (Å²) in [7, 11) is 0.947. The maximum Gasteiger partial charge on any atom is 0.333 e. The van der Waals surface area contributed by atoms with Crippen LogP contribution in [0.4, 0.5) is 0 Å². The normalized spacial score (nSPS) is 12.5. The lowest BCUT2D eigenvalue weighted by Gasteiger charge is -2.09. The minimum Gasteiger partial charge on any atom is -0.466 e. The number of carbonyl (C=O) groups excluding carboxylic acids is 1. The molecule has 15 heavy (non-hydrogen) atoms. The van der Waals surface area contributed by atoms with E-state index in [4.69, 9.17) is 9.05 Å². The third-order valence-electron chi connectivity index (χ3n) is 1.57. The fourth-order valence-electron chi connectivity index (χ4n) is 0.694. The van der Waals surface area contributed by atoms with Crippen LogP contribution >= 0.6 is 7.60 Å². The summed E-state index contributed by atoms with van der Waals surface area (Å²) >= 11 is 0. The van der Waals surface area contributed by atoms with Crippen molar-refractivity contribution in [3.8, 4) is 0 Å². The molecule has 6 heteroatoms. The van der Waals surface area contributed by atoms with Crippen LogP contribution in [0.3, 0.4) is 0 Å². The highest BCUT2D eigenvalue weighted by atomic mass is 31.2. The van der Waals surface area contributed by atoms with Crippen molar-refractivity contribution >= 4 is 13.6 Å². The summed E-state index contributed by atoms with van der Waals surface area (Å²) < 4.78 is 25.3. The lowest BCUT2D eigenvalue weighted by atomic mass is 10.4. The number of ether oxygens (including phenoxy) is 1. The molecular weight excluding hydrogens is 219 g/mol. The molecule has 0 atom stereocenters. The monoisotopic (exact) mass is 234 g/mol. The molecule has 0 aromatic heterocycles. The van der Waals surface area contributed by atoms with Gasteiger partial charge in [-0.15, -0.1) is 0 Å². The van der Waals surface area contributed by atoms with Crippen molar-refractivity contribution in [2.45, 2.75) is 0 Å². The second kappa shape index (κ2) is 7.40. The third kappa shape index (κ3) is 6.23. The lowest BCUT2D eigenvalue weighted by Crippen LogP contribution is -1.93. The van der Waals surface area contributed by atoms with Crippen LogP contribution in [0.15, 0.2) is 24.3 Å². The first-order valence-corrected chi connectivity index (χ1v) is 5.92. The smallest absolute Gasteiger partial charge is 0.333 e. The van der Waals surface area contributed by atoms with Crippen LogP contribution in [-0.4, -0.2) is 33.5 Å². The van der Waals surface area contributed by atoms with Crippen LogP contribution in [0, 0.1) is 0 Å². The van der Waals surface area contributed by atoms with Gasteiger partial charge in [-0.05, 0) is 0 Å². The van der Waals surface area contributed by atoms with Crippen molar-refractivity contribution in [2.75, 3.05) is 27.5 Å². The van der Waals surface area contributed by atoms with Crippen LogP contribution in [0.1, 0.15) is 0 Å². The molecule has 0 spiro atoms. The minimum atomic E-state index is -2.99. The highest BCUT2D eigenvalue weighted by Gasteiger charge is 2.17. The fourth-order valence-corrected chi connectivity index (χ4v) is 1.52. The van der Waals surface area contributed by atoms with Crippen molar-refractivity contribution in [1.29, 1.82) is 0 Å². The van der Waals surface area contributed by atoms with Crippen LogP contribution in [0.5, 0.6) is 0 Å². The first-order valence-electron chi connectivity index (χ1n) is 4.19. The number of hydrogen-bond donors (Lipinski definition) is 0. The average molecular weight is 234 g/mol. The molecule has 0 amide bonds. The standard InChI is InChI=1S/C9H15O5P/c1-12-9(10)7-5-4-6-8-15(11,13-2)14-3/h4-7H,8H2,1-3H3/b6-4+,7-5+. The molecule has 0 aliphatic rings. The number of allylic oxidation sites excluding steroid dienone is 3. The molecule has 0 N–H and O–H groups in total. The van der Waals surface area contributed by atoms with Gasteiger partial charge in [0.1, 0.15) is 0 Å². The van der Waals surface area contributed by atoms with E-state index in [1.165, 1.54) is 33.5 Å². The predicted octanol–water partition coefficient (Wildman–Crippen LogP) is 1.76. The zero-order valence-corrected chi connectivity index (χ0v) is 9.90. The zero-order chi connectivity index (χ0) is 11.7. The summed E-state index contributed by atoms with van der Waals surface area (Å²) in [5.41, 5.74) is 0. The summed E-state index contributed by atoms with van der Waals surface area (Å²) in [6.45, 7) is 0. The molecular formula is C9H15O5P. The maximum absolute atomic E-state index is 11.5. The van der Waals surface area contributed by atoms with Gasteiger partial charge in [-0.1, -0.05) is 18.2 Å². The quantitative estimate of drug-likeness (QED) is 0.303. The number of rotatable bonds is 6. The molecule has 0 fully saturated rings. The minimum absolute atomic E-state index is 0.158. The molecule has 5 nitrogen and oxygen atoms in total. The van der Waals surface area contributed by atoms with E-state index in [0.29, 0.717) is 0 Å². The van der Waals surface area contributed by atoms with E-state index >= 15 is 0 Å². The highest BCUT2D eigenvalue weighted by Crippen LogP contribution is 2.45. The van der Waals surface area contributed by atoms with Gasteiger partial charge in [-0.25, -0.2) is 4.79 Å². The van der Waals surface area contributed by atoms with Crippen LogP contribution in [0.25, 0.3) is 0 Å². The van der Waals surface area contributed by atoms with Crippen molar-refractivity contribution < 1.29 is 23.1 Å². The van der Waals surface area contributed by atoms with Gasteiger partial charge in [-0.2, -0.15) is 0 Å². The van der Waals surface area contributed by atoms with Gasteiger partial charge in [0.05, 0.1) is 13.3 Å². The Kier molecular flexibility index (Phi) is 6.96. The Morgan fingerprint density at radius 3 is 2.27 bits per heavy atom. The topological polar surface area (TPSA) is 61.8 Å². The first kappa shape index (κ1) is 14.1. The largest absolute Gasteiger partial charge is 0.466 e. The Morgan fingerprint density at radius 1 is 1.20 bits per heavy atom. The molecule has 0 aliphatic heterocycles. The van der Waals surface area contributed by atoms with Gasteiger partial charge in [0.2, 0.25) is 0 Å². The number of carbonyl (C=O) groups is 1. The Bertz CT molecular complexity index is 287. The molecule has 0 rings (SSSR count). The summed E-state index contributed by atoms with van der Waals surface area (Å²) in [6.07, 6.45) is 6.06. The molecule has 0 aromatic carbocycles. The maximum atomic E-state index is 11.5. The van der Waals surface area contributed by atoms with E-state index in [9.17, 15) is 9.36 Å². The fraction of sp³-hybridized carbons (Fsp3) is 0.444. The Morgan fingerprint density at radius 2 is 1.80 bits per heavy atom. The van der Waals surface area contributed by atoms with Crippen molar-refractivity contribution in [2.24, 2.45) is 0 Å². The molecule has 0 heterocycles. The number of esters is 1. The summed E-state index contributed by atoms with van der Waals surface area (Å²) in [4.78, 5) is 10.6. The second-order valence-electron chi connectivity index (χ2n) is 2.47. The Labute approximate surface area is 89.2 Å². The Hall–Kier alpha value is -0.900. The number of methoxy groups -OCH3 is 1. The molecule has 0 unspecified atom stereocenters. The molecule has 0 saturated heterocycles.